The zero-order valence-corrected chi connectivity index (χ0v) is 25.7. The molecule has 0 bridgehead atoms. The van der Waals surface area contributed by atoms with E-state index in [1.54, 1.807) is 0 Å². The van der Waals surface area contributed by atoms with Crippen molar-refractivity contribution in [3.8, 4) is 5.75 Å². The highest BCUT2D eigenvalue weighted by atomic mass is 16.5. The van der Waals surface area contributed by atoms with Crippen LogP contribution in [0.2, 0.25) is 0 Å². The van der Waals surface area contributed by atoms with Crippen LogP contribution < -0.4 is 25.2 Å². The number of hydrogen-bond donors (Lipinski definition) is 2. The van der Waals surface area contributed by atoms with E-state index in [2.05, 4.69) is 104 Å². The first-order chi connectivity index (χ1) is 21.8. The molecule has 0 saturated carbocycles. The Balaban J connectivity index is 1.07. The van der Waals surface area contributed by atoms with E-state index in [4.69, 9.17) is 14.7 Å². The van der Waals surface area contributed by atoms with Crippen LogP contribution in [-0.2, 0) is 6.54 Å². The molecule has 4 heterocycles. The van der Waals surface area contributed by atoms with Crippen molar-refractivity contribution in [1.29, 1.82) is 0 Å². The van der Waals surface area contributed by atoms with Gasteiger partial charge in [0.05, 0.1) is 12.1 Å². The molecule has 8 nitrogen and oxygen atoms in total. The van der Waals surface area contributed by atoms with Crippen LogP contribution in [0, 0.1) is 5.92 Å². The first-order valence-electron chi connectivity index (χ1n) is 16.5. The monoisotopic (exact) mass is 591 g/mol. The number of nitrogens with zero attached hydrogens (tertiary/aromatic N) is 5. The highest BCUT2D eigenvalue weighted by molar-refractivity contribution is 5.91. The molecule has 7 rings (SSSR count). The average molecular weight is 592 g/mol. The Labute approximate surface area is 261 Å². The van der Waals surface area contributed by atoms with Crippen LogP contribution in [0.15, 0.2) is 78.9 Å². The molecule has 0 spiro atoms. The van der Waals surface area contributed by atoms with Crippen LogP contribution >= 0.6 is 0 Å². The van der Waals surface area contributed by atoms with Crippen LogP contribution in [0.25, 0.3) is 10.9 Å². The van der Waals surface area contributed by atoms with Gasteiger partial charge in [-0.1, -0.05) is 48.5 Å². The summed E-state index contributed by atoms with van der Waals surface area (Å²) >= 11 is 0. The molecule has 0 aliphatic carbocycles. The average Bonchev–Trinajstić information content (AvgIpc) is 3.09. The number of rotatable bonds is 9. The summed E-state index contributed by atoms with van der Waals surface area (Å²) < 4.78 is 6.32. The summed E-state index contributed by atoms with van der Waals surface area (Å²) in [5.41, 5.74) is 3.62. The lowest BCUT2D eigenvalue weighted by atomic mass is 9.99. The molecule has 0 atom stereocenters. The molecule has 3 aliphatic heterocycles. The third-order valence-corrected chi connectivity index (χ3v) is 9.46. The van der Waals surface area contributed by atoms with E-state index < -0.39 is 0 Å². The minimum absolute atomic E-state index is 0.388. The van der Waals surface area contributed by atoms with Gasteiger partial charge in [0.15, 0.2) is 0 Å². The van der Waals surface area contributed by atoms with Crippen LogP contribution in [0.3, 0.4) is 0 Å². The molecule has 4 aromatic rings. The van der Waals surface area contributed by atoms with Crippen molar-refractivity contribution < 1.29 is 4.74 Å². The molecule has 3 aromatic carbocycles. The third-order valence-electron chi connectivity index (χ3n) is 9.46. The highest BCUT2D eigenvalue weighted by Crippen LogP contribution is 2.30. The van der Waals surface area contributed by atoms with Crippen LogP contribution in [0.5, 0.6) is 5.75 Å². The number of aromatic nitrogens is 2. The molecule has 1 aromatic heterocycles. The molecular weight excluding hydrogens is 546 g/mol. The molecule has 0 unspecified atom stereocenters. The topological polar surface area (TPSA) is 68.8 Å². The Hall–Kier alpha value is -3.88. The number of likely N-dealkylation sites (tertiary alicyclic amines) is 1. The lowest BCUT2D eigenvalue weighted by Crippen LogP contribution is -2.47. The lowest BCUT2D eigenvalue weighted by molar-refractivity contribution is 0.211. The SMILES string of the molecule is c1ccc(CN2CCC(Nc3nc(N4CCN(c5ccccc5)CC4)nc4cc(OCC5CCNCC5)ccc34)CC2)cc1. The van der Waals surface area contributed by atoms with E-state index in [0.717, 1.165) is 107 Å². The summed E-state index contributed by atoms with van der Waals surface area (Å²) in [6.45, 7) is 9.80. The number of fused-ring (bicyclic) bond motifs is 1. The number of piperidine rings is 2. The normalized spacial score (nSPS) is 18.9. The number of nitrogens with one attached hydrogen (secondary N) is 2. The number of ether oxygens (including phenoxy) is 1. The van der Waals surface area contributed by atoms with Crippen molar-refractivity contribution >= 4 is 28.4 Å². The van der Waals surface area contributed by atoms with E-state index in [9.17, 15) is 0 Å². The van der Waals surface area contributed by atoms with Gasteiger partial charge in [0, 0.05) is 69.0 Å². The number of benzene rings is 3. The maximum absolute atomic E-state index is 6.32. The van der Waals surface area contributed by atoms with Gasteiger partial charge in [-0.15, -0.1) is 0 Å². The van der Waals surface area contributed by atoms with Gasteiger partial charge in [-0.05, 0) is 74.5 Å². The Morgan fingerprint density at radius 1 is 0.750 bits per heavy atom. The van der Waals surface area contributed by atoms with Crippen molar-refractivity contribution in [1.82, 2.24) is 20.2 Å². The number of anilines is 3. The van der Waals surface area contributed by atoms with Crippen molar-refractivity contribution in [2.45, 2.75) is 38.3 Å². The van der Waals surface area contributed by atoms with Crippen molar-refractivity contribution in [3.05, 3.63) is 84.4 Å². The molecule has 0 amide bonds. The van der Waals surface area contributed by atoms with Crippen LogP contribution in [-0.4, -0.2) is 79.9 Å². The first-order valence-corrected chi connectivity index (χ1v) is 16.5. The van der Waals surface area contributed by atoms with Crippen LogP contribution in [0.1, 0.15) is 31.2 Å². The number of para-hydroxylation sites is 1. The van der Waals surface area contributed by atoms with Crippen molar-refractivity contribution in [2.75, 3.05) is 74.1 Å². The minimum Gasteiger partial charge on any atom is -0.493 e. The first kappa shape index (κ1) is 28.9. The summed E-state index contributed by atoms with van der Waals surface area (Å²) in [7, 11) is 0. The van der Waals surface area contributed by atoms with Gasteiger partial charge in [-0.3, -0.25) is 4.90 Å². The zero-order valence-electron chi connectivity index (χ0n) is 25.7. The van der Waals surface area contributed by atoms with Gasteiger partial charge in [0.25, 0.3) is 0 Å². The van der Waals surface area contributed by atoms with E-state index in [1.807, 2.05) is 0 Å². The second-order valence-electron chi connectivity index (χ2n) is 12.5. The van der Waals surface area contributed by atoms with Gasteiger partial charge >= 0.3 is 0 Å². The Morgan fingerprint density at radius 2 is 1.45 bits per heavy atom. The van der Waals surface area contributed by atoms with E-state index in [-0.39, 0.29) is 0 Å². The molecule has 44 heavy (non-hydrogen) atoms. The molecule has 0 radical (unpaired) electrons. The van der Waals surface area contributed by atoms with E-state index in [1.165, 1.54) is 24.1 Å². The summed E-state index contributed by atoms with van der Waals surface area (Å²) in [5, 5.41) is 8.38. The van der Waals surface area contributed by atoms with Gasteiger partial charge in [0.1, 0.15) is 11.6 Å². The Kier molecular flexibility index (Phi) is 9.07. The Bertz CT molecular complexity index is 1480. The van der Waals surface area contributed by atoms with Crippen molar-refractivity contribution in [3.63, 3.8) is 0 Å². The number of hydrogen-bond acceptors (Lipinski definition) is 8. The van der Waals surface area contributed by atoms with Gasteiger partial charge < -0.3 is 25.2 Å². The molecular formula is C36H45N7O. The fourth-order valence-corrected chi connectivity index (χ4v) is 6.77. The minimum atomic E-state index is 0.388. The van der Waals surface area contributed by atoms with Gasteiger partial charge in [0.2, 0.25) is 5.95 Å². The molecule has 3 aliphatic rings. The fraction of sp³-hybridized carbons (Fsp3) is 0.444. The predicted molar refractivity (Wildman–Crippen MR) is 180 cm³/mol. The highest BCUT2D eigenvalue weighted by Gasteiger charge is 2.24. The standard InChI is InChI=1S/C36H45N7O/c1-3-7-28(8-4-1)26-41-19-15-30(16-20-41)38-35-33-12-11-32(44-27-29-13-17-37-18-14-29)25-34(33)39-36(40-35)43-23-21-42(22-24-43)31-9-5-2-6-10-31/h1-12,25,29-30,37H,13-24,26-27H2,(H,38,39,40). The Morgan fingerprint density at radius 3 is 2.20 bits per heavy atom. The molecule has 3 fully saturated rings. The summed E-state index contributed by atoms with van der Waals surface area (Å²) in [6.07, 6.45) is 4.54. The molecule has 3 saturated heterocycles. The van der Waals surface area contributed by atoms with Gasteiger partial charge in [-0.25, -0.2) is 4.98 Å². The molecule has 230 valence electrons. The predicted octanol–water partition coefficient (Wildman–Crippen LogP) is 5.41. The largest absolute Gasteiger partial charge is 0.493 e. The fourth-order valence-electron chi connectivity index (χ4n) is 6.77. The number of piperazine rings is 1. The summed E-state index contributed by atoms with van der Waals surface area (Å²) in [4.78, 5) is 17.7. The summed E-state index contributed by atoms with van der Waals surface area (Å²) in [5.74, 6) is 3.26. The van der Waals surface area contributed by atoms with E-state index >= 15 is 0 Å². The molecule has 8 heteroatoms. The second kappa shape index (κ2) is 13.8. The van der Waals surface area contributed by atoms with Gasteiger partial charge in [-0.2, -0.15) is 4.98 Å². The van der Waals surface area contributed by atoms with Crippen molar-refractivity contribution in [2.24, 2.45) is 5.92 Å². The maximum Gasteiger partial charge on any atom is 0.228 e. The lowest BCUT2D eigenvalue weighted by Gasteiger charge is -2.36. The zero-order chi connectivity index (χ0) is 29.6. The maximum atomic E-state index is 6.32. The smallest absolute Gasteiger partial charge is 0.228 e. The molecule has 2 N–H and O–H groups in total. The third kappa shape index (κ3) is 7.08. The quantitative estimate of drug-likeness (QED) is 0.268. The van der Waals surface area contributed by atoms with E-state index in [0.29, 0.717) is 12.0 Å². The second-order valence-corrected chi connectivity index (χ2v) is 12.5. The summed E-state index contributed by atoms with van der Waals surface area (Å²) in [6, 6.07) is 28.3. The van der Waals surface area contributed by atoms with Crippen LogP contribution in [0.4, 0.5) is 17.5 Å².